The highest BCUT2D eigenvalue weighted by molar-refractivity contribution is 5.73. The Morgan fingerprint density at radius 2 is 2.00 bits per heavy atom. The number of primary amides is 1. The lowest BCUT2D eigenvalue weighted by molar-refractivity contribution is -0.118. The summed E-state index contributed by atoms with van der Waals surface area (Å²) >= 11 is 0. The van der Waals surface area contributed by atoms with Crippen molar-refractivity contribution in [3.8, 4) is 0 Å². The first-order valence-corrected chi connectivity index (χ1v) is 4.31. The molecule has 3 N–H and O–H groups in total. The van der Waals surface area contributed by atoms with Crippen LogP contribution in [0.25, 0.3) is 0 Å². The zero-order chi connectivity index (χ0) is 10.6. The van der Waals surface area contributed by atoms with E-state index in [1.807, 2.05) is 0 Å². The molecule has 0 unspecified atom stereocenters. The summed E-state index contributed by atoms with van der Waals surface area (Å²) in [6.07, 6.45) is -0.373. The number of aliphatic hydroxyl groups excluding tert-OH is 1. The van der Waals surface area contributed by atoms with Gasteiger partial charge in [0, 0.05) is 6.42 Å². The van der Waals surface area contributed by atoms with Gasteiger partial charge in [-0.1, -0.05) is 12.1 Å². The molecule has 1 rings (SSSR count). The maximum absolute atomic E-state index is 12.5. The van der Waals surface area contributed by atoms with E-state index in [4.69, 9.17) is 5.73 Å². The average Bonchev–Trinajstić information content (AvgIpc) is 2.15. The van der Waals surface area contributed by atoms with Crippen molar-refractivity contribution in [2.24, 2.45) is 5.73 Å². The summed E-state index contributed by atoms with van der Waals surface area (Å²) in [7, 11) is 0. The van der Waals surface area contributed by atoms with E-state index < -0.39 is 12.0 Å². The Hall–Kier alpha value is -1.42. The van der Waals surface area contributed by atoms with Crippen molar-refractivity contribution in [3.63, 3.8) is 0 Å². The van der Waals surface area contributed by atoms with E-state index in [9.17, 15) is 14.3 Å². The molecule has 14 heavy (non-hydrogen) atoms. The number of hydrogen-bond acceptors (Lipinski definition) is 2. The molecule has 0 radical (unpaired) electrons. The van der Waals surface area contributed by atoms with Gasteiger partial charge in [0.2, 0.25) is 5.91 Å². The zero-order valence-electron chi connectivity index (χ0n) is 7.61. The van der Waals surface area contributed by atoms with Crippen molar-refractivity contribution in [2.45, 2.75) is 18.9 Å². The summed E-state index contributed by atoms with van der Waals surface area (Å²) in [5.41, 5.74) is 5.52. The van der Waals surface area contributed by atoms with Crippen LogP contribution in [0.5, 0.6) is 0 Å². The Morgan fingerprint density at radius 3 is 2.50 bits per heavy atom. The maximum atomic E-state index is 12.5. The number of benzene rings is 1. The van der Waals surface area contributed by atoms with Crippen LogP contribution in [0.2, 0.25) is 0 Å². The Bertz CT molecular complexity index is 310. The molecule has 76 valence electrons. The summed E-state index contributed by atoms with van der Waals surface area (Å²) in [6, 6.07) is 5.51. The first-order chi connectivity index (χ1) is 6.59. The lowest BCUT2D eigenvalue weighted by Crippen LogP contribution is -2.12. The van der Waals surface area contributed by atoms with Gasteiger partial charge in [-0.2, -0.15) is 0 Å². The minimum Gasteiger partial charge on any atom is -0.388 e. The van der Waals surface area contributed by atoms with Gasteiger partial charge in [0.25, 0.3) is 0 Å². The molecule has 0 spiro atoms. The van der Waals surface area contributed by atoms with Crippen molar-refractivity contribution in [1.29, 1.82) is 0 Å². The minimum atomic E-state index is -0.761. The largest absolute Gasteiger partial charge is 0.388 e. The number of halogens is 1. The van der Waals surface area contributed by atoms with Crippen LogP contribution in [0.15, 0.2) is 24.3 Å². The fraction of sp³-hybridized carbons (Fsp3) is 0.300. The van der Waals surface area contributed by atoms with E-state index >= 15 is 0 Å². The van der Waals surface area contributed by atoms with Gasteiger partial charge in [-0.05, 0) is 24.1 Å². The van der Waals surface area contributed by atoms with Crippen LogP contribution < -0.4 is 5.73 Å². The van der Waals surface area contributed by atoms with Gasteiger partial charge in [0.15, 0.2) is 0 Å². The number of rotatable bonds is 4. The van der Waals surface area contributed by atoms with Gasteiger partial charge in [-0.15, -0.1) is 0 Å². The number of hydrogen-bond donors (Lipinski definition) is 2. The normalized spacial score (nSPS) is 12.4. The van der Waals surface area contributed by atoms with E-state index in [0.717, 1.165) is 0 Å². The smallest absolute Gasteiger partial charge is 0.217 e. The number of aliphatic hydroxyl groups is 1. The summed E-state index contributed by atoms with van der Waals surface area (Å²) in [5.74, 6) is -0.804. The predicted octanol–water partition coefficient (Wildman–Crippen LogP) is 1.12. The Balaban J connectivity index is 2.56. The van der Waals surface area contributed by atoms with Gasteiger partial charge in [-0.25, -0.2) is 4.39 Å². The van der Waals surface area contributed by atoms with Crippen LogP contribution in [0.1, 0.15) is 24.5 Å². The lowest BCUT2D eigenvalue weighted by Gasteiger charge is -2.09. The summed E-state index contributed by atoms with van der Waals surface area (Å²) in [4.78, 5) is 10.4. The fourth-order valence-electron chi connectivity index (χ4n) is 1.13. The van der Waals surface area contributed by atoms with E-state index in [0.29, 0.717) is 5.56 Å². The van der Waals surface area contributed by atoms with E-state index in [2.05, 4.69) is 0 Å². The van der Waals surface area contributed by atoms with Crippen LogP contribution in [0.4, 0.5) is 4.39 Å². The Labute approximate surface area is 81.4 Å². The molecule has 0 heterocycles. The van der Waals surface area contributed by atoms with Crippen LogP contribution in [0, 0.1) is 5.82 Å². The van der Waals surface area contributed by atoms with Crippen molar-refractivity contribution in [3.05, 3.63) is 35.6 Å². The standard InChI is InChI=1S/C10H12FNO2/c11-8-3-1-7(2-4-8)9(13)5-6-10(12)14/h1-4,9,13H,5-6H2,(H2,12,14)/t9-/m1/s1. The lowest BCUT2D eigenvalue weighted by atomic mass is 10.1. The molecule has 1 atom stereocenters. The molecule has 0 fully saturated rings. The molecule has 0 aliphatic carbocycles. The highest BCUT2D eigenvalue weighted by atomic mass is 19.1. The average molecular weight is 197 g/mol. The monoisotopic (exact) mass is 197 g/mol. The second-order valence-electron chi connectivity index (χ2n) is 3.07. The zero-order valence-corrected chi connectivity index (χ0v) is 7.61. The van der Waals surface area contributed by atoms with E-state index in [1.54, 1.807) is 0 Å². The highest BCUT2D eigenvalue weighted by Gasteiger charge is 2.08. The summed E-state index contributed by atoms with van der Waals surface area (Å²) in [6.45, 7) is 0. The number of carbonyl (C=O) groups excluding carboxylic acids is 1. The molecule has 3 nitrogen and oxygen atoms in total. The molecule has 0 saturated carbocycles. The van der Waals surface area contributed by atoms with Crippen molar-refractivity contribution < 1.29 is 14.3 Å². The topological polar surface area (TPSA) is 63.3 Å². The molecule has 1 amide bonds. The van der Waals surface area contributed by atoms with Crippen molar-refractivity contribution >= 4 is 5.91 Å². The number of carbonyl (C=O) groups is 1. The van der Waals surface area contributed by atoms with Gasteiger partial charge >= 0.3 is 0 Å². The number of nitrogens with two attached hydrogens (primary N) is 1. The summed E-state index contributed by atoms with van der Waals surface area (Å²) in [5, 5.41) is 9.53. The van der Waals surface area contributed by atoms with Crippen LogP contribution in [-0.4, -0.2) is 11.0 Å². The minimum absolute atomic E-state index is 0.124. The predicted molar refractivity (Wildman–Crippen MR) is 49.8 cm³/mol. The van der Waals surface area contributed by atoms with E-state index in [-0.39, 0.29) is 18.7 Å². The Kier molecular flexibility index (Phi) is 3.59. The molecule has 0 aliphatic heterocycles. The summed E-state index contributed by atoms with van der Waals surface area (Å²) < 4.78 is 12.5. The second kappa shape index (κ2) is 4.72. The van der Waals surface area contributed by atoms with Crippen LogP contribution >= 0.6 is 0 Å². The van der Waals surface area contributed by atoms with Crippen molar-refractivity contribution in [2.75, 3.05) is 0 Å². The molecule has 0 saturated heterocycles. The van der Waals surface area contributed by atoms with Crippen LogP contribution in [-0.2, 0) is 4.79 Å². The molecule has 0 aromatic heterocycles. The molecular weight excluding hydrogens is 185 g/mol. The molecular formula is C10H12FNO2. The van der Waals surface area contributed by atoms with Crippen molar-refractivity contribution in [1.82, 2.24) is 0 Å². The highest BCUT2D eigenvalue weighted by Crippen LogP contribution is 2.17. The van der Waals surface area contributed by atoms with Crippen LogP contribution in [0.3, 0.4) is 0 Å². The molecule has 1 aromatic carbocycles. The third-order valence-electron chi connectivity index (χ3n) is 1.92. The number of amides is 1. The first kappa shape index (κ1) is 10.7. The van der Waals surface area contributed by atoms with Gasteiger partial charge < -0.3 is 10.8 Å². The quantitative estimate of drug-likeness (QED) is 0.759. The molecule has 1 aromatic rings. The first-order valence-electron chi connectivity index (χ1n) is 4.31. The molecule has 0 bridgehead atoms. The molecule has 0 aliphatic rings. The third kappa shape index (κ3) is 3.14. The molecule has 4 heteroatoms. The van der Waals surface area contributed by atoms with Gasteiger partial charge in [-0.3, -0.25) is 4.79 Å². The fourth-order valence-corrected chi connectivity index (χ4v) is 1.13. The third-order valence-corrected chi connectivity index (χ3v) is 1.92. The van der Waals surface area contributed by atoms with Gasteiger partial charge in [0.05, 0.1) is 6.10 Å². The Morgan fingerprint density at radius 1 is 1.43 bits per heavy atom. The SMILES string of the molecule is NC(=O)CC[C@@H](O)c1ccc(F)cc1. The van der Waals surface area contributed by atoms with E-state index in [1.165, 1.54) is 24.3 Å². The maximum Gasteiger partial charge on any atom is 0.217 e. The van der Waals surface area contributed by atoms with Gasteiger partial charge in [0.1, 0.15) is 5.82 Å². The second-order valence-corrected chi connectivity index (χ2v) is 3.07.